The highest BCUT2D eigenvalue weighted by Gasteiger charge is 2.13. The second-order valence-electron chi connectivity index (χ2n) is 3.88. The Bertz CT molecular complexity index is 461. The molecule has 0 fully saturated rings. The molecule has 0 atom stereocenters. The predicted molar refractivity (Wildman–Crippen MR) is 61.2 cm³/mol. The fourth-order valence-electron chi connectivity index (χ4n) is 1.52. The predicted octanol–water partition coefficient (Wildman–Crippen LogP) is 2.97. The summed E-state index contributed by atoms with van der Waals surface area (Å²) in [5, 5.41) is 0. The van der Waals surface area contributed by atoms with Crippen molar-refractivity contribution in [2.24, 2.45) is 0 Å². The summed E-state index contributed by atoms with van der Waals surface area (Å²) in [6.45, 7) is 4.08. The number of hydrogen-bond acceptors (Lipinski definition) is 4. The SMILES string of the molecule is COc1cc2nc(C(C)C)oc2cc1OC. The Balaban J connectivity index is 2.60. The van der Waals surface area contributed by atoms with Crippen LogP contribution >= 0.6 is 0 Å². The van der Waals surface area contributed by atoms with E-state index in [0.29, 0.717) is 11.5 Å². The highest BCUT2D eigenvalue weighted by molar-refractivity contribution is 5.77. The zero-order chi connectivity index (χ0) is 11.7. The lowest BCUT2D eigenvalue weighted by molar-refractivity contribution is 0.355. The van der Waals surface area contributed by atoms with E-state index >= 15 is 0 Å². The number of aromatic nitrogens is 1. The lowest BCUT2D eigenvalue weighted by Gasteiger charge is -2.05. The smallest absolute Gasteiger partial charge is 0.198 e. The van der Waals surface area contributed by atoms with Crippen LogP contribution in [0, 0.1) is 0 Å². The maximum atomic E-state index is 5.62. The van der Waals surface area contributed by atoms with Gasteiger partial charge in [0.05, 0.1) is 14.2 Å². The summed E-state index contributed by atoms with van der Waals surface area (Å²) in [4.78, 5) is 4.39. The second-order valence-corrected chi connectivity index (χ2v) is 3.88. The van der Waals surface area contributed by atoms with Crippen LogP contribution in [0.3, 0.4) is 0 Å². The number of methoxy groups -OCH3 is 2. The molecule has 2 rings (SSSR count). The average Bonchev–Trinajstić information content (AvgIpc) is 2.69. The molecule has 16 heavy (non-hydrogen) atoms. The van der Waals surface area contributed by atoms with Crippen molar-refractivity contribution in [3.05, 3.63) is 18.0 Å². The Morgan fingerprint density at radius 2 is 1.75 bits per heavy atom. The minimum atomic E-state index is 0.268. The van der Waals surface area contributed by atoms with E-state index in [2.05, 4.69) is 4.98 Å². The minimum absolute atomic E-state index is 0.268. The highest BCUT2D eigenvalue weighted by atomic mass is 16.5. The first-order valence-electron chi connectivity index (χ1n) is 5.18. The van der Waals surface area contributed by atoms with Crippen LogP contribution in [0.25, 0.3) is 11.1 Å². The van der Waals surface area contributed by atoms with Crippen LogP contribution < -0.4 is 9.47 Å². The third-order valence-corrected chi connectivity index (χ3v) is 2.40. The number of ether oxygens (including phenoxy) is 2. The molecule has 0 saturated heterocycles. The molecule has 0 spiro atoms. The van der Waals surface area contributed by atoms with Gasteiger partial charge in [-0.2, -0.15) is 0 Å². The van der Waals surface area contributed by atoms with Crippen molar-refractivity contribution in [1.82, 2.24) is 4.98 Å². The molecule has 0 amide bonds. The first-order valence-corrected chi connectivity index (χ1v) is 5.18. The molecular weight excluding hydrogens is 206 g/mol. The van der Waals surface area contributed by atoms with E-state index < -0.39 is 0 Å². The topological polar surface area (TPSA) is 44.5 Å². The Kier molecular flexibility index (Phi) is 2.73. The lowest BCUT2D eigenvalue weighted by atomic mass is 10.2. The molecule has 1 heterocycles. The summed E-state index contributed by atoms with van der Waals surface area (Å²) in [5.74, 6) is 2.31. The van der Waals surface area contributed by atoms with Gasteiger partial charge in [-0.3, -0.25) is 0 Å². The fraction of sp³-hybridized carbons (Fsp3) is 0.417. The molecule has 86 valence electrons. The minimum Gasteiger partial charge on any atom is -0.493 e. The van der Waals surface area contributed by atoms with E-state index in [1.807, 2.05) is 19.9 Å². The van der Waals surface area contributed by atoms with Crippen LogP contribution in [-0.4, -0.2) is 19.2 Å². The molecule has 4 heteroatoms. The largest absolute Gasteiger partial charge is 0.493 e. The van der Waals surface area contributed by atoms with E-state index in [1.54, 1.807) is 20.3 Å². The van der Waals surface area contributed by atoms with Gasteiger partial charge in [0.2, 0.25) is 0 Å². The molecule has 2 aromatic rings. The number of rotatable bonds is 3. The molecule has 4 nitrogen and oxygen atoms in total. The summed E-state index contributed by atoms with van der Waals surface area (Å²) >= 11 is 0. The van der Waals surface area contributed by atoms with Crippen molar-refractivity contribution in [3.63, 3.8) is 0 Å². The van der Waals surface area contributed by atoms with Crippen LogP contribution in [0.5, 0.6) is 11.5 Å². The van der Waals surface area contributed by atoms with Crippen molar-refractivity contribution in [2.45, 2.75) is 19.8 Å². The molecule has 0 N–H and O–H groups in total. The van der Waals surface area contributed by atoms with Crippen molar-refractivity contribution in [3.8, 4) is 11.5 Å². The van der Waals surface area contributed by atoms with Gasteiger partial charge in [-0.15, -0.1) is 0 Å². The van der Waals surface area contributed by atoms with Gasteiger partial charge in [0.1, 0.15) is 5.52 Å². The van der Waals surface area contributed by atoms with Crippen LogP contribution in [0.1, 0.15) is 25.7 Å². The van der Waals surface area contributed by atoms with Crippen molar-refractivity contribution >= 4 is 11.1 Å². The molecule has 1 aromatic heterocycles. The van der Waals surface area contributed by atoms with E-state index in [-0.39, 0.29) is 5.92 Å². The molecule has 0 unspecified atom stereocenters. The lowest BCUT2D eigenvalue weighted by Crippen LogP contribution is -1.89. The van der Waals surface area contributed by atoms with Crippen molar-refractivity contribution in [1.29, 1.82) is 0 Å². The average molecular weight is 221 g/mol. The van der Waals surface area contributed by atoms with Gasteiger partial charge in [-0.1, -0.05) is 13.8 Å². The van der Waals surface area contributed by atoms with E-state index in [1.165, 1.54) is 0 Å². The van der Waals surface area contributed by atoms with E-state index in [0.717, 1.165) is 17.0 Å². The van der Waals surface area contributed by atoms with Crippen LogP contribution in [0.15, 0.2) is 16.5 Å². The second kappa shape index (κ2) is 4.04. The Labute approximate surface area is 94.2 Å². The molecule has 1 aromatic carbocycles. The van der Waals surface area contributed by atoms with Crippen LogP contribution in [-0.2, 0) is 0 Å². The first kappa shape index (κ1) is 10.8. The highest BCUT2D eigenvalue weighted by Crippen LogP contribution is 2.33. The molecule has 0 aliphatic heterocycles. The quantitative estimate of drug-likeness (QED) is 0.799. The fourth-order valence-corrected chi connectivity index (χ4v) is 1.52. The Morgan fingerprint density at radius 1 is 1.12 bits per heavy atom. The Morgan fingerprint density at radius 3 is 2.31 bits per heavy atom. The summed E-state index contributed by atoms with van der Waals surface area (Å²) in [6.07, 6.45) is 0. The maximum absolute atomic E-state index is 5.62. The molecule has 0 saturated carbocycles. The number of benzene rings is 1. The van der Waals surface area contributed by atoms with Crippen molar-refractivity contribution < 1.29 is 13.9 Å². The number of hydrogen-bond donors (Lipinski definition) is 0. The van der Waals surface area contributed by atoms with Crippen molar-refractivity contribution in [2.75, 3.05) is 14.2 Å². The van der Waals surface area contributed by atoms with Gasteiger partial charge in [0, 0.05) is 18.1 Å². The first-order chi connectivity index (χ1) is 7.65. The monoisotopic (exact) mass is 221 g/mol. The molecule has 0 radical (unpaired) electrons. The number of fused-ring (bicyclic) bond motifs is 1. The molecule has 0 aliphatic carbocycles. The van der Waals surface area contributed by atoms with Gasteiger partial charge in [0.15, 0.2) is 23.0 Å². The summed E-state index contributed by atoms with van der Waals surface area (Å²) in [7, 11) is 3.20. The summed E-state index contributed by atoms with van der Waals surface area (Å²) < 4.78 is 16.0. The van der Waals surface area contributed by atoms with E-state index in [4.69, 9.17) is 13.9 Å². The van der Waals surface area contributed by atoms with Gasteiger partial charge < -0.3 is 13.9 Å². The summed E-state index contributed by atoms with van der Waals surface area (Å²) in [6, 6.07) is 3.62. The van der Waals surface area contributed by atoms with Crippen LogP contribution in [0.4, 0.5) is 0 Å². The molecule has 0 bridgehead atoms. The number of nitrogens with zero attached hydrogens (tertiary/aromatic N) is 1. The molecule has 0 aliphatic rings. The standard InChI is InChI=1S/C12H15NO3/c1-7(2)12-13-8-5-10(14-3)11(15-4)6-9(8)16-12/h5-7H,1-4H3. The number of oxazole rings is 1. The van der Waals surface area contributed by atoms with Gasteiger partial charge in [-0.05, 0) is 0 Å². The van der Waals surface area contributed by atoms with Gasteiger partial charge >= 0.3 is 0 Å². The molecular formula is C12H15NO3. The zero-order valence-corrected chi connectivity index (χ0v) is 9.90. The zero-order valence-electron chi connectivity index (χ0n) is 9.90. The normalized spacial score (nSPS) is 11.1. The summed E-state index contributed by atoms with van der Waals surface area (Å²) in [5.41, 5.74) is 1.52. The third-order valence-electron chi connectivity index (χ3n) is 2.40. The van der Waals surface area contributed by atoms with Gasteiger partial charge in [0.25, 0.3) is 0 Å². The third kappa shape index (κ3) is 1.71. The van der Waals surface area contributed by atoms with E-state index in [9.17, 15) is 0 Å². The van der Waals surface area contributed by atoms with Gasteiger partial charge in [-0.25, -0.2) is 4.98 Å². The van der Waals surface area contributed by atoms with Crippen LogP contribution in [0.2, 0.25) is 0 Å². The maximum Gasteiger partial charge on any atom is 0.198 e. The Hall–Kier alpha value is -1.71.